The van der Waals surface area contributed by atoms with E-state index in [2.05, 4.69) is 20.8 Å². The molecule has 7 N–H and O–H groups in total. The second-order valence-corrected chi connectivity index (χ2v) is 7.77. The zero-order valence-corrected chi connectivity index (χ0v) is 17.8. The first-order valence-electron chi connectivity index (χ1n) is 10.0. The van der Waals surface area contributed by atoms with Crippen LogP contribution in [0.4, 0.5) is 5.69 Å². The van der Waals surface area contributed by atoms with Crippen LogP contribution in [0.2, 0.25) is 0 Å². The predicted molar refractivity (Wildman–Crippen MR) is 121 cm³/mol. The summed E-state index contributed by atoms with van der Waals surface area (Å²) in [4.78, 5) is 27.8. The number of hydrazine groups is 1. The number of carbonyl (C=O) groups is 2. The number of amidine groups is 1. The third-order valence-electron chi connectivity index (χ3n) is 4.94. The number of nitrogens with zero attached hydrogens (tertiary/aromatic N) is 2. The topological polar surface area (TPSA) is 165 Å². The molecule has 10 nitrogen and oxygen atoms in total. The van der Waals surface area contributed by atoms with E-state index in [1.165, 1.54) is 0 Å². The van der Waals surface area contributed by atoms with Crippen LogP contribution in [-0.4, -0.2) is 34.4 Å². The number of hydrogen-bond donors (Lipinski definition) is 5. The van der Waals surface area contributed by atoms with E-state index in [4.69, 9.17) is 16.4 Å². The van der Waals surface area contributed by atoms with Crippen molar-refractivity contribution in [2.45, 2.75) is 20.3 Å². The number of carboxylic acids is 1. The van der Waals surface area contributed by atoms with Crippen molar-refractivity contribution < 1.29 is 19.4 Å². The van der Waals surface area contributed by atoms with Gasteiger partial charge in [0, 0.05) is 17.3 Å². The van der Waals surface area contributed by atoms with Gasteiger partial charge in [0.25, 0.3) is 5.91 Å². The summed E-state index contributed by atoms with van der Waals surface area (Å²) in [6, 6.07) is 9.01. The predicted octanol–water partition coefficient (Wildman–Crippen LogP) is 1.95. The van der Waals surface area contributed by atoms with Gasteiger partial charge in [-0.15, -0.1) is 0 Å². The third kappa shape index (κ3) is 5.22. The fourth-order valence-corrected chi connectivity index (χ4v) is 3.44. The quantitative estimate of drug-likeness (QED) is 0.189. The fraction of sp³-hybridized carbons (Fsp3) is 0.273. The summed E-state index contributed by atoms with van der Waals surface area (Å²) in [7, 11) is 0. The molecule has 1 aromatic heterocycles. The molecule has 3 rings (SSSR count). The summed E-state index contributed by atoms with van der Waals surface area (Å²) in [5, 5.41) is 16.1. The molecular weight excluding hydrogens is 412 g/mol. The highest BCUT2D eigenvalue weighted by Gasteiger charge is 2.27. The van der Waals surface area contributed by atoms with Crippen LogP contribution in [0, 0.1) is 11.8 Å². The number of amides is 1. The van der Waals surface area contributed by atoms with E-state index in [0.29, 0.717) is 34.7 Å². The summed E-state index contributed by atoms with van der Waals surface area (Å²) in [6.45, 7) is 3.84. The average Bonchev–Trinajstić information content (AvgIpc) is 2.77. The lowest BCUT2D eigenvalue weighted by molar-refractivity contribution is -0.140. The third-order valence-corrected chi connectivity index (χ3v) is 4.94. The number of pyridine rings is 1. The van der Waals surface area contributed by atoms with Crippen molar-refractivity contribution in [1.29, 1.82) is 0 Å². The van der Waals surface area contributed by atoms with E-state index in [0.717, 1.165) is 5.56 Å². The molecule has 2 aromatic rings. The van der Waals surface area contributed by atoms with Crippen molar-refractivity contribution in [3.05, 3.63) is 47.7 Å². The van der Waals surface area contributed by atoms with Crippen LogP contribution in [0.5, 0.6) is 5.75 Å². The van der Waals surface area contributed by atoms with E-state index in [9.17, 15) is 14.7 Å². The number of benzene rings is 1. The van der Waals surface area contributed by atoms with Gasteiger partial charge in [-0.05, 0) is 42.2 Å². The zero-order chi connectivity index (χ0) is 23.3. The summed E-state index contributed by atoms with van der Waals surface area (Å²) in [5.41, 5.74) is 5.52. The Morgan fingerprint density at radius 3 is 2.75 bits per heavy atom. The van der Waals surface area contributed by atoms with Crippen LogP contribution < -0.4 is 27.2 Å². The van der Waals surface area contributed by atoms with Gasteiger partial charge < -0.3 is 26.4 Å². The Balaban J connectivity index is 1.93. The van der Waals surface area contributed by atoms with Gasteiger partial charge in [-0.1, -0.05) is 26.0 Å². The van der Waals surface area contributed by atoms with Crippen molar-refractivity contribution in [2.24, 2.45) is 28.6 Å². The molecule has 1 aliphatic rings. The van der Waals surface area contributed by atoms with Gasteiger partial charge in [0.2, 0.25) is 0 Å². The van der Waals surface area contributed by atoms with E-state index < -0.39 is 11.9 Å². The first kappa shape index (κ1) is 22.8. The van der Waals surface area contributed by atoms with Crippen LogP contribution in [0.15, 0.2) is 47.2 Å². The molecule has 1 aliphatic heterocycles. The molecule has 1 atom stereocenters. The summed E-state index contributed by atoms with van der Waals surface area (Å²) in [6.07, 6.45) is 3.67. The molecule has 0 fully saturated rings. The van der Waals surface area contributed by atoms with Crippen LogP contribution in [0.25, 0.3) is 17.3 Å². The second-order valence-electron chi connectivity index (χ2n) is 7.77. The Morgan fingerprint density at radius 2 is 2.16 bits per heavy atom. The molecule has 0 saturated carbocycles. The highest BCUT2D eigenvalue weighted by atomic mass is 16.5. The molecule has 10 heteroatoms. The Morgan fingerprint density at radius 1 is 1.38 bits per heavy atom. The number of rotatable bonds is 7. The van der Waals surface area contributed by atoms with Crippen LogP contribution >= 0.6 is 0 Å². The summed E-state index contributed by atoms with van der Waals surface area (Å²) >= 11 is 0. The molecule has 0 bridgehead atoms. The van der Waals surface area contributed by atoms with E-state index in [1.54, 1.807) is 30.5 Å². The maximum absolute atomic E-state index is 11.9. The Bertz CT molecular complexity index is 1060. The highest BCUT2D eigenvalue weighted by molar-refractivity contribution is 6.05. The Hall–Kier alpha value is -3.92. The molecule has 32 heavy (non-hydrogen) atoms. The molecule has 1 unspecified atom stereocenters. The van der Waals surface area contributed by atoms with Gasteiger partial charge in [0.1, 0.15) is 5.75 Å². The maximum Gasteiger partial charge on any atom is 0.311 e. The van der Waals surface area contributed by atoms with Crippen LogP contribution in [0.3, 0.4) is 0 Å². The molecule has 2 heterocycles. The minimum Gasteiger partial charge on any atom is -0.482 e. The number of ether oxygens (including phenoxy) is 1. The Kier molecular flexibility index (Phi) is 7.06. The number of anilines is 1. The lowest BCUT2D eigenvalue weighted by atomic mass is 9.88. The van der Waals surface area contributed by atoms with Crippen molar-refractivity contribution in [3.8, 4) is 17.0 Å². The first-order valence-corrected chi connectivity index (χ1v) is 10.0. The molecule has 0 spiro atoms. The number of hydrazone groups is 1. The minimum atomic E-state index is -0.993. The number of carbonyl (C=O) groups excluding carboxylic acids is 1. The van der Waals surface area contributed by atoms with Crippen LogP contribution in [-0.2, 0) is 9.59 Å². The van der Waals surface area contributed by atoms with Crippen molar-refractivity contribution >= 4 is 29.5 Å². The number of aliphatic carboxylic acids is 1. The highest BCUT2D eigenvalue weighted by Crippen LogP contribution is 2.32. The minimum absolute atomic E-state index is 0.0300. The number of hydrogen-bond acceptors (Lipinski definition) is 7. The first-order chi connectivity index (χ1) is 15.3. The number of aromatic nitrogens is 1. The zero-order valence-electron chi connectivity index (χ0n) is 17.8. The number of nitrogens with one attached hydrogen (secondary N) is 2. The molecule has 168 valence electrons. The molecule has 1 amide bonds. The average molecular weight is 438 g/mol. The second kappa shape index (κ2) is 9.92. The fourth-order valence-electron chi connectivity index (χ4n) is 3.44. The van der Waals surface area contributed by atoms with Crippen molar-refractivity contribution in [3.63, 3.8) is 0 Å². The maximum atomic E-state index is 11.9. The number of nitrogens with two attached hydrogens (primary N) is 2. The SMILES string of the molecule is CC(C)CC(C(=O)O)C(=C/c1ccc(-c2ccc3c(c2)OCC(=O)N3)nc1)/C(=N\N)NN. The van der Waals surface area contributed by atoms with Gasteiger partial charge in [-0.2, -0.15) is 5.10 Å². The summed E-state index contributed by atoms with van der Waals surface area (Å²) in [5.74, 6) is 9.72. The lowest BCUT2D eigenvalue weighted by Gasteiger charge is -2.19. The van der Waals surface area contributed by atoms with Gasteiger partial charge in [0.05, 0.1) is 17.3 Å². The van der Waals surface area contributed by atoms with Gasteiger partial charge >= 0.3 is 5.97 Å². The van der Waals surface area contributed by atoms with Crippen LogP contribution in [0.1, 0.15) is 25.8 Å². The van der Waals surface area contributed by atoms with Crippen molar-refractivity contribution in [1.82, 2.24) is 10.4 Å². The van der Waals surface area contributed by atoms with Gasteiger partial charge in [-0.3, -0.25) is 14.6 Å². The molecular formula is C22H26N6O4. The van der Waals surface area contributed by atoms with Crippen molar-refractivity contribution in [2.75, 3.05) is 11.9 Å². The van der Waals surface area contributed by atoms with Gasteiger partial charge in [-0.25, -0.2) is 5.84 Å². The molecule has 0 aliphatic carbocycles. The van der Waals surface area contributed by atoms with E-state index >= 15 is 0 Å². The van der Waals surface area contributed by atoms with E-state index in [1.807, 2.05) is 26.0 Å². The Labute approximate surface area is 185 Å². The molecule has 0 saturated heterocycles. The standard InChI is InChI=1S/C22H26N6O4/c1-12(2)7-16(22(30)31)15(21(27-23)28-24)8-13-3-5-17(25-10-13)14-4-6-18-19(9-14)32-11-20(29)26-18/h3-6,8-10,12,16H,7,11,23-24H2,1-2H3,(H,26,29)(H,27,28)(H,30,31)/b15-8-. The van der Waals surface area contributed by atoms with Gasteiger partial charge in [0.15, 0.2) is 12.4 Å². The largest absolute Gasteiger partial charge is 0.482 e. The monoisotopic (exact) mass is 438 g/mol. The normalized spacial score (nSPS) is 14.9. The molecule has 1 aromatic carbocycles. The van der Waals surface area contributed by atoms with E-state index in [-0.39, 0.29) is 24.3 Å². The summed E-state index contributed by atoms with van der Waals surface area (Å²) < 4.78 is 5.46. The lowest BCUT2D eigenvalue weighted by Crippen LogP contribution is -2.37. The molecule has 0 radical (unpaired) electrons. The smallest absolute Gasteiger partial charge is 0.311 e. The number of carboxylic acid groups (broad SMARTS) is 1. The number of fused-ring (bicyclic) bond motifs is 1.